The normalized spacial score (nSPS) is 11.6. The van der Waals surface area contributed by atoms with Crippen LogP contribution in [0.3, 0.4) is 0 Å². The Morgan fingerprint density at radius 2 is 1.92 bits per heavy atom. The number of nitrogens with one attached hydrogen (secondary N) is 1. The lowest BCUT2D eigenvalue weighted by Gasteiger charge is -2.27. The molecular formula is C19H21N3O2S. The zero-order valence-electron chi connectivity index (χ0n) is 14.5. The molecule has 0 radical (unpaired) electrons. The van der Waals surface area contributed by atoms with E-state index in [0.29, 0.717) is 17.0 Å². The van der Waals surface area contributed by atoms with Crippen LogP contribution < -0.4 is 5.32 Å². The van der Waals surface area contributed by atoms with Crippen molar-refractivity contribution in [1.29, 1.82) is 5.26 Å². The van der Waals surface area contributed by atoms with E-state index in [1.54, 1.807) is 30.1 Å². The van der Waals surface area contributed by atoms with E-state index in [9.17, 15) is 9.59 Å². The van der Waals surface area contributed by atoms with E-state index in [1.807, 2.05) is 37.4 Å². The van der Waals surface area contributed by atoms with Crippen LogP contribution in [0, 0.1) is 17.2 Å². The number of likely N-dealkylation sites (N-methyl/N-ethyl adjacent to an activating group) is 1. The number of benzene rings is 1. The van der Waals surface area contributed by atoms with Crippen molar-refractivity contribution in [2.24, 2.45) is 5.92 Å². The molecule has 0 fully saturated rings. The van der Waals surface area contributed by atoms with Crippen molar-refractivity contribution in [1.82, 2.24) is 10.2 Å². The van der Waals surface area contributed by atoms with Crippen LogP contribution >= 0.6 is 11.3 Å². The van der Waals surface area contributed by atoms with Gasteiger partial charge in [0.2, 0.25) is 5.91 Å². The summed E-state index contributed by atoms with van der Waals surface area (Å²) >= 11 is 1.35. The Balaban J connectivity index is 2.05. The molecule has 1 aromatic carbocycles. The Morgan fingerprint density at radius 1 is 1.24 bits per heavy atom. The van der Waals surface area contributed by atoms with Gasteiger partial charge in [-0.1, -0.05) is 32.0 Å². The van der Waals surface area contributed by atoms with Crippen LogP contribution in [0.4, 0.5) is 0 Å². The monoisotopic (exact) mass is 355 g/mol. The van der Waals surface area contributed by atoms with E-state index in [4.69, 9.17) is 5.26 Å². The highest BCUT2D eigenvalue weighted by molar-refractivity contribution is 7.12. The quantitative estimate of drug-likeness (QED) is 0.865. The highest BCUT2D eigenvalue weighted by Crippen LogP contribution is 2.13. The third kappa shape index (κ3) is 4.91. The topological polar surface area (TPSA) is 73.2 Å². The number of thiophene rings is 1. The maximum absolute atomic E-state index is 12.8. The molecule has 0 saturated heterocycles. The summed E-state index contributed by atoms with van der Waals surface area (Å²) in [4.78, 5) is 27.2. The van der Waals surface area contributed by atoms with Gasteiger partial charge >= 0.3 is 0 Å². The minimum absolute atomic E-state index is 0.0279. The fourth-order valence-electron chi connectivity index (χ4n) is 2.41. The van der Waals surface area contributed by atoms with Crippen molar-refractivity contribution >= 4 is 23.2 Å². The molecule has 1 aromatic heterocycles. The third-order valence-corrected chi connectivity index (χ3v) is 4.71. The van der Waals surface area contributed by atoms with Crippen LogP contribution in [0.2, 0.25) is 0 Å². The van der Waals surface area contributed by atoms with Crippen molar-refractivity contribution < 1.29 is 9.59 Å². The van der Waals surface area contributed by atoms with Gasteiger partial charge < -0.3 is 10.2 Å². The molecule has 1 N–H and O–H groups in total. The van der Waals surface area contributed by atoms with Crippen LogP contribution in [0.25, 0.3) is 0 Å². The van der Waals surface area contributed by atoms with Crippen molar-refractivity contribution in [3.63, 3.8) is 0 Å². The van der Waals surface area contributed by atoms with Gasteiger partial charge in [0.05, 0.1) is 16.5 Å². The lowest BCUT2D eigenvalue weighted by atomic mass is 10.0. The van der Waals surface area contributed by atoms with Gasteiger partial charge in [-0.15, -0.1) is 11.3 Å². The number of carbonyl (C=O) groups is 2. The average molecular weight is 355 g/mol. The molecule has 25 heavy (non-hydrogen) atoms. The minimum atomic E-state index is -0.585. The van der Waals surface area contributed by atoms with Gasteiger partial charge in [0, 0.05) is 13.6 Å². The molecule has 1 unspecified atom stereocenters. The largest absolute Gasteiger partial charge is 0.340 e. The Bertz CT molecular complexity index is 761. The van der Waals surface area contributed by atoms with Crippen LogP contribution in [0.15, 0.2) is 41.8 Å². The van der Waals surface area contributed by atoms with Gasteiger partial charge in [-0.2, -0.15) is 5.26 Å². The molecule has 1 atom stereocenters. The Labute approximate surface area is 151 Å². The standard InChI is InChI=1S/C19H21N3O2S/c1-13(2)17(21-18(23)16-5-4-10-25-16)19(24)22(3)12-15-8-6-14(11-20)7-9-15/h4-10,13,17H,12H2,1-3H3,(H,21,23). The number of rotatable bonds is 6. The molecule has 0 aliphatic heterocycles. The van der Waals surface area contributed by atoms with E-state index in [1.165, 1.54) is 11.3 Å². The fraction of sp³-hybridized carbons (Fsp3) is 0.316. The molecule has 0 aliphatic carbocycles. The van der Waals surface area contributed by atoms with Crippen molar-refractivity contribution in [3.8, 4) is 6.07 Å². The lowest BCUT2D eigenvalue weighted by Crippen LogP contribution is -2.49. The maximum atomic E-state index is 12.8. The average Bonchev–Trinajstić information content (AvgIpc) is 3.14. The highest BCUT2D eigenvalue weighted by Gasteiger charge is 2.27. The summed E-state index contributed by atoms with van der Waals surface area (Å²) in [6, 6.07) is 12.2. The first-order valence-corrected chi connectivity index (χ1v) is 8.88. The van der Waals surface area contributed by atoms with Gasteiger partial charge in [-0.25, -0.2) is 0 Å². The second kappa shape index (κ2) is 8.45. The summed E-state index contributed by atoms with van der Waals surface area (Å²) in [7, 11) is 1.72. The minimum Gasteiger partial charge on any atom is -0.340 e. The number of hydrogen-bond acceptors (Lipinski definition) is 4. The van der Waals surface area contributed by atoms with Crippen molar-refractivity contribution in [2.75, 3.05) is 7.05 Å². The van der Waals surface area contributed by atoms with Gasteiger partial charge in [0.25, 0.3) is 5.91 Å². The van der Waals surface area contributed by atoms with Crippen LogP contribution in [-0.2, 0) is 11.3 Å². The van der Waals surface area contributed by atoms with E-state index in [0.717, 1.165) is 5.56 Å². The van der Waals surface area contributed by atoms with Crippen LogP contribution in [0.1, 0.15) is 34.6 Å². The molecular weight excluding hydrogens is 334 g/mol. The Hall–Kier alpha value is -2.65. The fourth-order valence-corrected chi connectivity index (χ4v) is 3.03. The smallest absolute Gasteiger partial charge is 0.262 e. The maximum Gasteiger partial charge on any atom is 0.262 e. The molecule has 2 amide bonds. The summed E-state index contributed by atoms with van der Waals surface area (Å²) in [5.74, 6) is -0.391. The van der Waals surface area contributed by atoms with E-state index in [2.05, 4.69) is 11.4 Å². The predicted octanol–water partition coefficient (Wildman–Crippen LogP) is 3.03. The third-order valence-electron chi connectivity index (χ3n) is 3.84. The molecule has 5 nitrogen and oxygen atoms in total. The SMILES string of the molecule is CC(C)C(NC(=O)c1cccs1)C(=O)N(C)Cc1ccc(C#N)cc1. The molecule has 2 aromatic rings. The summed E-state index contributed by atoms with van der Waals surface area (Å²) in [6.07, 6.45) is 0. The van der Waals surface area contributed by atoms with Crippen molar-refractivity contribution in [2.45, 2.75) is 26.4 Å². The van der Waals surface area contributed by atoms with Crippen LogP contribution in [0.5, 0.6) is 0 Å². The molecule has 0 bridgehead atoms. The first-order valence-electron chi connectivity index (χ1n) is 8.00. The first kappa shape index (κ1) is 18.7. The zero-order chi connectivity index (χ0) is 18.4. The van der Waals surface area contributed by atoms with Crippen molar-refractivity contribution in [3.05, 3.63) is 57.8 Å². The lowest BCUT2D eigenvalue weighted by molar-refractivity contribution is -0.133. The Kier molecular flexibility index (Phi) is 6.31. The second-order valence-electron chi connectivity index (χ2n) is 6.18. The number of nitriles is 1. The Morgan fingerprint density at radius 3 is 2.44 bits per heavy atom. The molecule has 1 heterocycles. The van der Waals surface area contributed by atoms with Gasteiger partial charge in [0.1, 0.15) is 6.04 Å². The molecule has 0 spiro atoms. The molecule has 0 aliphatic rings. The molecule has 0 saturated carbocycles. The van der Waals surface area contributed by atoms with Gasteiger partial charge in [-0.3, -0.25) is 9.59 Å². The van der Waals surface area contributed by atoms with E-state index in [-0.39, 0.29) is 17.7 Å². The second-order valence-corrected chi connectivity index (χ2v) is 7.12. The van der Waals surface area contributed by atoms with E-state index >= 15 is 0 Å². The number of amides is 2. The summed E-state index contributed by atoms with van der Waals surface area (Å²) in [5, 5.41) is 13.5. The molecule has 2 rings (SSSR count). The number of carbonyl (C=O) groups excluding carboxylic acids is 2. The summed E-state index contributed by atoms with van der Waals surface area (Å²) < 4.78 is 0. The van der Waals surface area contributed by atoms with E-state index < -0.39 is 6.04 Å². The summed E-state index contributed by atoms with van der Waals surface area (Å²) in [6.45, 7) is 4.24. The van der Waals surface area contributed by atoms with Gasteiger partial charge in [-0.05, 0) is 35.1 Å². The zero-order valence-corrected chi connectivity index (χ0v) is 15.3. The molecule has 6 heteroatoms. The summed E-state index contributed by atoms with van der Waals surface area (Å²) in [5.41, 5.74) is 1.52. The van der Waals surface area contributed by atoms with Crippen LogP contribution in [-0.4, -0.2) is 29.8 Å². The first-order chi connectivity index (χ1) is 11.9. The highest BCUT2D eigenvalue weighted by atomic mass is 32.1. The number of nitrogens with zero attached hydrogens (tertiary/aromatic N) is 2. The molecule has 130 valence electrons. The predicted molar refractivity (Wildman–Crippen MR) is 98.0 cm³/mol. The number of hydrogen-bond donors (Lipinski definition) is 1. The van der Waals surface area contributed by atoms with Gasteiger partial charge in [0.15, 0.2) is 0 Å².